The van der Waals surface area contributed by atoms with E-state index in [4.69, 9.17) is 4.74 Å². The van der Waals surface area contributed by atoms with Gasteiger partial charge in [-0.15, -0.1) is 0 Å². The van der Waals surface area contributed by atoms with Crippen molar-refractivity contribution in [1.82, 2.24) is 14.8 Å². The minimum absolute atomic E-state index is 0.107. The number of amides is 2. The number of unbranched alkanes of at least 4 members (excludes halogenated alkanes) is 1. The van der Waals surface area contributed by atoms with Crippen molar-refractivity contribution in [2.75, 3.05) is 26.8 Å². The van der Waals surface area contributed by atoms with Crippen molar-refractivity contribution < 1.29 is 23.9 Å². The Hall–Kier alpha value is -2.64. The number of methoxy groups -OCH3 is 1. The number of rotatable bonds is 6. The summed E-state index contributed by atoms with van der Waals surface area (Å²) in [6.45, 7) is 3.73. The first-order valence-electron chi connectivity index (χ1n) is 9.83. The van der Waals surface area contributed by atoms with E-state index in [0.29, 0.717) is 31.0 Å². The Kier molecular flexibility index (Phi) is 6.49. The van der Waals surface area contributed by atoms with Crippen molar-refractivity contribution in [1.29, 1.82) is 0 Å². The Balaban J connectivity index is 1.58. The van der Waals surface area contributed by atoms with E-state index < -0.39 is 5.97 Å². The lowest BCUT2D eigenvalue weighted by Gasteiger charge is -2.37. The van der Waals surface area contributed by atoms with Crippen molar-refractivity contribution in [3.05, 3.63) is 29.6 Å². The van der Waals surface area contributed by atoms with Gasteiger partial charge in [0.25, 0.3) is 5.91 Å². The first kappa shape index (κ1) is 20.1. The summed E-state index contributed by atoms with van der Waals surface area (Å²) in [7, 11) is 1.30. The van der Waals surface area contributed by atoms with E-state index >= 15 is 0 Å². The lowest BCUT2D eigenvalue weighted by molar-refractivity contribution is 0.0593. The Morgan fingerprint density at radius 1 is 1.29 bits per heavy atom. The molecule has 8 nitrogen and oxygen atoms in total. The van der Waals surface area contributed by atoms with Crippen molar-refractivity contribution in [3.8, 4) is 0 Å². The van der Waals surface area contributed by atoms with Crippen LogP contribution in [-0.4, -0.2) is 71.6 Å². The number of pyridine rings is 1. The van der Waals surface area contributed by atoms with E-state index in [-0.39, 0.29) is 24.1 Å². The van der Waals surface area contributed by atoms with Crippen LogP contribution in [0.3, 0.4) is 0 Å². The van der Waals surface area contributed by atoms with Crippen LogP contribution in [0, 0.1) is 0 Å². The normalized spacial score (nSPS) is 20.2. The van der Waals surface area contributed by atoms with Crippen LogP contribution in [0.2, 0.25) is 0 Å². The fourth-order valence-corrected chi connectivity index (χ4v) is 3.85. The monoisotopic (exact) mass is 389 g/mol. The van der Waals surface area contributed by atoms with Gasteiger partial charge in [0.2, 0.25) is 0 Å². The molecule has 1 atom stereocenters. The highest BCUT2D eigenvalue weighted by Crippen LogP contribution is 2.27. The standard InChI is InChI=1S/C20H27N3O5/c1-3-4-5-16-13-28-20(26)23(16)15-8-10-22(11-9-15)18(24)17-7-6-14(12-21-17)19(25)27-2/h6-7,12,15-16H,3-5,8-11,13H2,1-2H3. The van der Waals surface area contributed by atoms with E-state index in [9.17, 15) is 14.4 Å². The van der Waals surface area contributed by atoms with E-state index in [1.165, 1.54) is 19.4 Å². The number of nitrogens with zero attached hydrogens (tertiary/aromatic N) is 3. The summed E-state index contributed by atoms with van der Waals surface area (Å²) in [5.74, 6) is -0.649. The predicted molar refractivity (Wildman–Crippen MR) is 101 cm³/mol. The number of hydrogen-bond acceptors (Lipinski definition) is 6. The van der Waals surface area contributed by atoms with Gasteiger partial charge in [0.15, 0.2) is 0 Å². The second kappa shape index (κ2) is 9.03. The molecule has 152 valence electrons. The number of carbonyl (C=O) groups is 3. The first-order chi connectivity index (χ1) is 13.5. The zero-order valence-electron chi connectivity index (χ0n) is 16.4. The quantitative estimate of drug-likeness (QED) is 0.695. The highest BCUT2D eigenvalue weighted by atomic mass is 16.6. The van der Waals surface area contributed by atoms with Crippen LogP contribution in [0.15, 0.2) is 18.3 Å². The van der Waals surface area contributed by atoms with Crippen molar-refractivity contribution in [3.63, 3.8) is 0 Å². The number of hydrogen-bond donors (Lipinski definition) is 0. The van der Waals surface area contributed by atoms with Crippen molar-refractivity contribution in [2.45, 2.75) is 51.1 Å². The molecular weight excluding hydrogens is 362 g/mol. The Morgan fingerprint density at radius 3 is 2.64 bits per heavy atom. The second-order valence-electron chi connectivity index (χ2n) is 7.23. The van der Waals surface area contributed by atoms with E-state index in [2.05, 4.69) is 16.6 Å². The number of piperidine rings is 1. The zero-order chi connectivity index (χ0) is 20.1. The van der Waals surface area contributed by atoms with Gasteiger partial charge in [-0.05, 0) is 31.4 Å². The number of carbonyl (C=O) groups excluding carboxylic acids is 3. The molecule has 1 aromatic rings. The van der Waals surface area contributed by atoms with Crippen LogP contribution in [-0.2, 0) is 9.47 Å². The molecule has 0 bridgehead atoms. The van der Waals surface area contributed by atoms with E-state index in [1.807, 2.05) is 4.90 Å². The Labute approximate surface area is 164 Å². The molecule has 28 heavy (non-hydrogen) atoms. The topological polar surface area (TPSA) is 89.0 Å². The van der Waals surface area contributed by atoms with Gasteiger partial charge in [0, 0.05) is 25.3 Å². The minimum Gasteiger partial charge on any atom is -0.465 e. The van der Waals surface area contributed by atoms with E-state index in [0.717, 1.165) is 32.1 Å². The molecule has 0 aliphatic carbocycles. The molecule has 2 amide bonds. The molecule has 3 heterocycles. The summed E-state index contributed by atoms with van der Waals surface area (Å²) >= 11 is 0. The molecule has 0 aromatic carbocycles. The van der Waals surface area contributed by atoms with Crippen LogP contribution >= 0.6 is 0 Å². The number of likely N-dealkylation sites (tertiary alicyclic amines) is 1. The van der Waals surface area contributed by atoms with Crippen molar-refractivity contribution in [2.24, 2.45) is 0 Å². The van der Waals surface area contributed by atoms with Gasteiger partial charge in [-0.1, -0.05) is 19.8 Å². The SMILES string of the molecule is CCCCC1COC(=O)N1C1CCN(C(=O)c2ccc(C(=O)OC)cn2)CC1. The van der Waals surface area contributed by atoms with Crippen LogP contribution in [0.5, 0.6) is 0 Å². The summed E-state index contributed by atoms with van der Waals surface area (Å²) in [6, 6.07) is 3.33. The van der Waals surface area contributed by atoms with Crippen LogP contribution in [0.25, 0.3) is 0 Å². The maximum Gasteiger partial charge on any atom is 0.410 e. The molecule has 8 heteroatoms. The number of esters is 1. The lowest BCUT2D eigenvalue weighted by Crippen LogP contribution is -2.49. The van der Waals surface area contributed by atoms with E-state index in [1.54, 1.807) is 11.0 Å². The molecule has 2 aliphatic rings. The third kappa shape index (κ3) is 4.26. The number of ether oxygens (including phenoxy) is 2. The maximum atomic E-state index is 12.7. The molecule has 0 saturated carbocycles. The smallest absolute Gasteiger partial charge is 0.410 e. The molecule has 0 N–H and O–H groups in total. The number of cyclic esters (lactones) is 1. The lowest BCUT2D eigenvalue weighted by atomic mass is 10.00. The molecule has 2 aliphatic heterocycles. The Bertz CT molecular complexity index is 713. The summed E-state index contributed by atoms with van der Waals surface area (Å²) < 4.78 is 9.91. The molecule has 2 fully saturated rings. The summed E-state index contributed by atoms with van der Waals surface area (Å²) in [4.78, 5) is 44.1. The average molecular weight is 389 g/mol. The van der Waals surface area contributed by atoms with Gasteiger partial charge in [0.05, 0.1) is 18.7 Å². The predicted octanol–water partition coefficient (Wildman–Crippen LogP) is 2.48. The molecule has 2 saturated heterocycles. The highest BCUT2D eigenvalue weighted by molar-refractivity contribution is 5.94. The molecule has 0 spiro atoms. The zero-order valence-corrected chi connectivity index (χ0v) is 16.4. The Morgan fingerprint density at radius 2 is 2.04 bits per heavy atom. The molecule has 1 aromatic heterocycles. The molecular formula is C20H27N3O5. The summed E-state index contributed by atoms with van der Waals surface area (Å²) in [6.07, 6.45) is 5.69. The largest absolute Gasteiger partial charge is 0.465 e. The maximum absolute atomic E-state index is 12.7. The van der Waals surface area contributed by atoms with Gasteiger partial charge in [-0.25, -0.2) is 9.59 Å². The first-order valence-corrected chi connectivity index (χ1v) is 9.83. The van der Waals surface area contributed by atoms with Gasteiger partial charge >= 0.3 is 12.1 Å². The third-order valence-electron chi connectivity index (χ3n) is 5.44. The van der Waals surface area contributed by atoms with Crippen LogP contribution in [0.4, 0.5) is 4.79 Å². The summed E-state index contributed by atoms with van der Waals surface area (Å²) in [5.41, 5.74) is 0.607. The fourth-order valence-electron chi connectivity index (χ4n) is 3.85. The van der Waals surface area contributed by atoms with Gasteiger partial charge in [0.1, 0.15) is 12.3 Å². The third-order valence-corrected chi connectivity index (χ3v) is 5.44. The molecule has 1 unspecified atom stereocenters. The average Bonchev–Trinajstić information content (AvgIpc) is 3.11. The number of aromatic nitrogens is 1. The van der Waals surface area contributed by atoms with Crippen LogP contribution < -0.4 is 0 Å². The molecule has 0 radical (unpaired) electrons. The molecule has 3 rings (SSSR count). The van der Waals surface area contributed by atoms with Crippen molar-refractivity contribution >= 4 is 18.0 Å². The van der Waals surface area contributed by atoms with Gasteiger partial charge in [-0.3, -0.25) is 14.7 Å². The highest BCUT2D eigenvalue weighted by Gasteiger charge is 2.39. The fraction of sp³-hybridized carbons (Fsp3) is 0.600. The minimum atomic E-state index is -0.484. The van der Waals surface area contributed by atoms with Crippen LogP contribution in [0.1, 0.15) is 59.9 Å². The second-order valence-corrected chi connectivity index (χ2v) is 7.23. The van der Waals surface area contributed by atoms with Gasteiger partial charge < -0.3 is 14.4 Å². The summed E-state index contributed by atoms with van der Waals surface area (Å²) in [5, 5.41) is 0. The van der Waals surface area contributed by atoms with Gasteiger partial charge in [-0.2, -0.15) is 0 Å².